The number of aliphatic carboxylic acids is 1. The van der Waals surface area contributed by atoms with E-state index in [4.69, 9.17) is 4.74 Å². The standard InChI is InChI=1S/C19H22N2O4S/c1-12-21-17(11-26-12)14-3-2-4-15(9-14)18(22)20-10-16(19(23)24)13-5-7-25-8-6-13/h2-4,9,11,13,16H,5-8,10H2,1H3,(H,20,22)(H,23,24). The van der Waals surface area contributed by atoms with Gasteiger partial charge in [0.25, 0.3) is 5.91 Å². The molecule has 6 nitrogen and oxygen atoms in total. The molecule has 1 amide bonds. The molecule has 26 heavy (non-hydrogen) atoms. The fourth-order valence-corrected chi connectivity index (χ4v) is 3.82. The Morgan fingerprint density at radius 3 is 2.81 bits per heavy atom. The van der Waals surface area contributed by atoms with Gasteiger partial charge in [0.2, 0.25) is 0 Å². The zero-order valence-electron chi connectivity index (χ0n) is 14.6. The molecule has 0 bridgehead atoms. The SMILES string of the molecule is Cc1nc(-c2cccc(C(=O)NCC(C(=O)O)C3CCOCC3)c2)cs1. The van der Waals surface area contributed by atoms with Crippen molar-refractivity contribution >= 4 is 23.2 Å². The van der Waals surface area contributed by atoms with Crippen LogP contribution in [0.5, 0.6) is 0 Å². The molecule has 0 aliphatic carbocycles. The van der Waals surface area contributed by atoms with Crippen molar-refractivity contribution in [2.75, 3.05) is 19.8 Å². The summed E-state index contributed by atoms with van der Waals surface area (Å²) in [5.74, 6) is -1.70. The Morgan fingerprint density at radius 1 is 1.38 bits per heavy atom. The van der Waals surface area contributed by atoms with E-state index in [0.29, 0.717) is 31.6 Å². The number of nitrogens with one attached hydrogen (secondary N) is 1. The smallest absolute Gasteiger partial charge is 0.308 e. The van der Waals surface area contributed by atoms with Crippen molar-refractivity contribution < 1.29 is 19.4 Å². The normalized spacial score (nSPS) is 16.2. The molecule has 0 spiro atoms. The minimum Gasteiger partial charge on any atom is -0.481 e. The van der Waals surface area contributed by atoms with Crippen molar-refractivity contribution in [1.29, 1.82) is 0 Å². The first-order valence-corrected chi connectivity index (χ1v) is 9.54. The number of carbonyl (C=O) groups is 2. The summed E-state index contributed by atoms with van der Waals surface area (Å²) in [5.41, 5.74) is 2.22. The fraction of sp³-hybridized carbons (Fsp3) is 0.421. The number of thiazole rings is 1. The Bertz CT molecular complexity index is 783. The fourth-order valence-electron chi connectivity index (χ4n) is 3.19. The van der Waals surface area contributed by atoms with E-state index in [1.165, 1.54) is 0 Å². The van der Waals surface area contributed by atoms with Crippen molar-refractivity contribution in [3.8, 4) is 11.3 Å². The highest BCUT2D eigenvalue weighted by Gasteiger charge is 2.30. The monoisotopic (exact) mass is 374 g/mol. The van der Waals surface area contributed by atoms with Gasteiger partial charge in [0.05, 0.1) is 16.6 Å². The minimum atomic E-state index is -0.871. The molecule has 1 aliphatic heterocycles. The van der Waals surface area contributed by atoms with Crippen LogP contribution in [-0.2, 0) is 9.53 Å². The highest BCUT2D eigenvalue weighted by atomic mass is 32.1. The molecule has 2 N–H and O–H groups in total. The number of carboxylic acid groups (broad SMARTS) is 1. The van der Waals surface area contributed by atoms with E-state index < -0.39 is 11.9 Å². The van der Waals surface area contributed by atoms with Crippen molar-refractivity contribution in [3.05, 3.63) is 40.2 Å². The number of carbonyl (C=O) groups excluding carboxylic acids is 1. The van der Waals surface area contributed by atoms with E-state index >= 15 is 0 Å². The van der Waals surface area contributed by atoms with Gasteiger partial charge in [-0.15, -0.1) is 11.3 Å². The molecule has 2 aromatic rings. The highest BCUT2D eigenvalue weighted by molar-refractivity contribution is 7.09. The van der Waals surface area contributed by atoms with Crippen LogP contribution in [-0.4, -0.2) is 41.7 Å². The average Bonchev–Trinajstić information content (AvgIpc) is 3.09. The number of aryl methyl sites for hydroxylation is 1. The highest BCUT2D eigenvalue weighted by Crippen LogP contribution is 2.25. The van der Waals surface area contributed by atoms with Crippen LogP contribution in [0.4, 0.5) is 0 Å². The maximum atomic E-state index is 12.5. The topological polar surface area (TPSA) is 88.5 Å². The molecule has 138 valence electrons. The Kier molecular flexibility index (Phi) is 6.00. The van der Waals surface area contributed by atoms with E-state index in [9.17, 15) is 14.7 Å². The Hall–Kier alpha value is -2.25. The molecule has 1 unspecified atom stereocenters. The molecule has 0 saturated carbocycles. The molecule has 1 aromatic heterocycles. The Balaban J connectivity index is 1.66. The summed E-state index contributed by atoms with van der Waals surface area (Å²) >= 11 is 1.56. The first-order valence-electron chi connectivity index (χ1n) is 8.66. The molecule has 1 atom stereocenters. The summed E-state index contributed by atoms with van der Waals surface area (Å²) in [6.45, 7) is 3.22. The summed E-state index contributed by atoms with van der Waals surface area (Å²) in [5, 5.41) is 15.2. The second-order valence-electron chi connectivity index (χ2n) is 6.44. The van der Waals surface area contributed by atoms with Crippen LogP contribution in [0.2, 0.25) is 0 Å². The van der Waals surface area contributed by atoms with Crippen molar-refractivity contribution in [2.45, 2.75) is 19.8 Å². The van der Waals surface area contributed by atoms with Crippen LogP contribution >= 0.6 is 11.3 Å². The van der Waals surface area contributed by atoms with Gasteiger partial charge in [-0.2, -0.15) is 0 Å². The zero-order valence-corrected chi connectivity index (χ0v) is 15.4. The van der Waals surface area contributed by atoms with Crippen molar-refractivity contribution in [3.63, 3.8) is 0 Å². The molecule has 1 saturated heterocycles. The molecule has 2 heterocycles. The van der Waals surface area contributed by atoms with Gasteiger partial charge in [-0.3, -0.25) is 9.59 Å². The second kappa shape index (κ2) is 8.42. The van der Waals surface area contributed by atoms with Gasteiger partial charge in [0.15, 0.2) is 0 Å². The molecular formula is C19H22N2O4S. The summed E-state index contributed by atoms with van der Waals surface area (Å²) in [6.07, 6.45) is 1.43. The largest absolute Gasteiger partial charge is 0.481 e. The van der Waals surface area contributed by atoms with Crippen molar-refractivity contribution in [2.24, 2.45) is 11.8 Å². The van der Waals surface area contributed by atoms with Crippen molar-refractivity contribution in [1.82, 2.24) is 10.3 Å². The van der Waals surface area contributed by atoms with Crippen LogP contribution < -0.4 is 5.32 Å². The van der Waals surface area contributed by atoms with E-state index in [1.54, 1.807) is 23.5 Å². The number of hydrogen-bond donors (Lipinski definition) is 2. The summed E-state index contributed by atoms with van der Waals surface area (Å²) in [4.78, 5) is 28.5. The maximum absolute atomic E-state index is 12.5. The van der Waals surface area contributed by atoms with Crippen LogP contribution in [0.25, 0.3) is 11.3 Å². The third kappa shape index (κ3) is 4.47. The van der Waals surface area contributed by atoms with Gasteiger partial charge in [-0.1, -0.05) is 12.1 Å². The number of hydrogen-bond acceptors (Lipinski definition) is 5. The first kappa shape index (κ1) is 18.5. The quantitative estimate of drug-likeness (QED) is 0.811. The lowest BCUT2D eigenvalue weighted by Gasteiger charge is -2.27. The van der Waals surface area contributed by atoms with Gasteiger partial charge in [0, 0.05) is 36.3 Å². The maximum Gasteiger partial charge on any atom is 0.308 e. The summed E-state index contributed by atoms with van der Waals surface area (Å²) < 4.78 is 5.30. The Labute approximate surface area is 156 Å². The molecule has 7 heteroatoms. The van der Waals surface area contributed by atoms with Crippen LogP contribution in [0.1, 0.15) is 28.2 Å². The van der Waals surface area contributed by atoms with Gasteiger partial charge >= 0.3 is 5.97 Å². The minimum absolute atomic E-state index is 0.0332. The zero-order chi connectivity index (χ0) is 18.5. The van der Waals surface area contributed by atoms with E-state index in [2.05, 4.69) is 10.3 Å². The van der Waals surface area contributed by atoms with Crippen LogP contribution in [0.3, 0.4) is 0 Å². The van der Waals surface area contributed by atoms with Gasteiger partial charge < -0.3 is 15.2 Å². The lowest BCUT2D eigenvalue weighted by molar-refractivity contribution is -0.144. The lowest BCUT2D eigenvalue weighted by Crippen LogP contribution is -2.39. The molecule has 0 radical (unpaired) electrons. The molecule has 1 aromatic carbocycles. The predicted molar refractivity (Wildman–Crippen MR) is 99.3 cm³/mol. The lowest BCUT2D eigenvalue weighted by atomic mass is 9.86. The summed E-state index contributed by atoms with van der Waals surface area (Å²) in [7, 11) is 0. The Morgan fingerprint density at radius 2 is 2.15 bits per heavy atom. The van der Waals surface area contributed by atoms with Crippen LogP contribution in [0, 0.1) is 18.8 Å². The number of rotatable bonds is 6. The number of aromatic nitrogens is 1. The van der Waals surface area contributed by atoms with Gasteiger partial charge in [-0.05, 0) is 37.8 Å². The number of amides is 1. The number of carboxylic acids is 1. The molecule has 1 aliphatic rings. The third-order valence-electron chi connectivity index (χ3n) is 4.67. The predicted octanol–water partition coefficient (Wildman–Crippen LogP) is 2.98. The van der Waals surface area contributed by atoms with E-state index in [1.807, 2.05) is 24.4 Å². The van der Waals surface area contributed by atoms with Gasteiger partial charge in [-0.25, -0.2) is 4.98 Å². The number of nitrogens with zero attached hydrogens (tertiary/aromatic N) is 1. The van der Waals surface area contributed by atoms with E-state index in [-0.39, 0.29) is 18.4 Å². The first-order chi connectivity index (χ1) is 12.5. The van der Waals surface area contributed by atoms with E-state index in [0.717, 1.165) is 16.3 Å². The second-order valence-corrected chi connectivity index (χ2v) is 7.50. The van der Waals surface area contributed by atoms with Gasteiger partial charge in [0.1, 0.15) is 0 Å². The molecule has 1 fully saturated rings. The summed E-state index contributed by atoms with van der Waals surface area (Å²) in [6, 6.07) is 7.23. The van der Waals surface area contributed by atoms with Crippen LogP contribution in [0.15, 0.2) is 29.6 Å². The molecular weight excluding hydrogens is 352 g/mol. The average molecular weight is 374 g/mol. The number of benzene rings is 1. The third-order valence-corrected chi connectivity index (χ3v) is 5.45. The molecule has 3 rings (SSSR count). The number of ether oxygens (including phenoxy) is 1.